The Morgan fingerprint density at radius 3 is 2.24 bits per heavy atom. The largest absolute Gasteiger partial charge is 0.351 e. The van der Waals surface area contributed by atoms with Crippen molar-refractivity contribution in [2.45, 2.75) is 45.7 Å². The molecule has 2 atom stereocenters. The fraction of sp³-hybridized carbons (Fsp3) is 0.250. The number of nitrogens with one attached hydrogen (secondary N) is 1. The van der Waals surface area contributed by atoms with Crippen molar-refractivity contribution in [2.75, 3.05) is 4.90 Å². The van der Waals surface area contributed by atoms with Crippen molar-refractivity contribution >= 4 is 23.0 Å². The molecule has 0 bridgehead atoms. The highest BCUT2D eigenvalue weighted by molar-refractivity contribution is 7.80. The van der Waals surface area contributed by atoms with Crippen molar-refractivity contribution in [3.8, 4) is 5.82 Å². The molecule has 0 amide bonds. The smallest absolute Gasteiger partial charge is 0.174 e. The van der Waals surface area contributed by atoms with E-state index in [9.17, 15) is 0 Å². The monoisotopic (exact) mass is 467 g/mol. The number of aromatic nitrogens is 3. The number of aryl methyl sites for hydroxylation is 1. The van der Waals surface area contributed by atoms with Gasteiger partial charge in [0, 0.05) is 29.5 Å². The van der Waals surface area contributed by atoms with E-state index in [0.29, 0.717) is 11.0 Å². The normalized spacial score (nSPS) is 17.9. The molecule has 0 unspecified atom stereocenters. The lowest BCUT2D eigenvalue weighted by Gasteiger charge is -2.28. The van der Waals surface area contributed by atoms with Gasteiger partial charge in [-0.1, -0.05) is 38.1 Å². The lowest BCUT2D eigenvalue weighted by Crippen LogP contribution is -2.29. The van der Waals surface area contributed by atoms with Gasteiger partial charge in [-0.05, 0) is 85.6 Å². The summed E-state index contributed by atoms with van der Waals surface area (Å²) < 4.78 is 2.21. The third-order valence-corrected chi connectivity index (χ3v) is 6.92. The molecule has 0 radical (unpaired) electrons. The van der Waals surface area contributed by atoms with Crippen LogP contribution in [0.25, 0.3) is 5.82 Å². The van der Waals surface area contributed by atoms with Gasteiger partial charge in [0.25, 0.3) is 0 Å². The summed E-state index contributed by atoms with van der Waals surface area (Å²) in [6, 6.07) is 22.9. The quantitative estimate of drug-likeness (QED) is 0.355. The van der Waals surface area contributed by atoms with Gasteiger partial charge in [-0.25, -0.2) is 4.98 Å². The maximum absolute atomic E-state index is 5.91. The maximum Gasteiger partial charge on any atom is 0.174 e. The summed E-state index contributed by atoms with van der Waals surface area (Å²) in [4.78, 5) is 11.5. The van der Waals surface area contributed by atoms with Crippen molar-refractivity contribution in [3.05, 3.63) is 107 Å². The second-order valence-electron chi connectivity index (χ2n) is 9.09. The molecule has 3 aromatic heterocycles. The average Bonchev–Trinajstić information content (AvgIpc) is 3.35. The number of thiocarbonyl (C=S) groups is 1. The van der Waals surface area contributed by atoms with Crippen molar-refractivity contribution in [3.63, 3.8) is 0 Å². The molecule has 0 spiro atoms. The van der Waals surface area contributed by atoms with Crippen LogP contribution in [-0.2, 0) is 0 Å². The molecule has 1 fully saturated rings. The van der Waals surface area contributed by atoms with Gasteiger partial charge in [-0.2, -0.15) is 0 Å². The first-order chi connectivity index (χ1) is 16.5. The zero-order valence-electron chi connectivity index (χ0n) is 19.9. The summed E-state index contributed by atoms with van der Waals surface area (Å²) in [7, 11) is 0. The molecular weight excluding hydrogens is 438 g/mol. The van der Waals surface area contributed by atoms with E-state index in [1.54, 1.807) is 0 Å². The molecular formula is C28H29N5S. The van der Waals surface area contributed by atoms with Gasteiger partial charge in [0.05, 0.1) is 17.8 Å². The average molecular weight is 468 g/mol. The summed E-state index contributed by atoms with van der Waals surface area (Å²) in [5.74, 6) is 1.39. The van der Waals surface area contributed by atoms with Gasteiger partial charge >= 0.3 is 0 Å². The summed E-state index contributed by atoms with van der Waals surface area (Å²) in [6.07, 6.45) is 3.67. The Morgan fingerprint density at radius 2 is 1.62 bits per heavy atom. The van der Waals surface area contributed by atoms with Crippen LogP contribution in [0.1, 0.15) is 60.1 Å². The molecule has 4 aromatic rings. The van der Waals surface area contributed by atoms with Crippen LogP contribution >= 0.6 is 12.2 Å². The first kappa shape index (κ1) is 22.3. The Bertz CT molecular complexity index is 1300. The number of anilines is 1. The van der Waals surface area contributed by atoms with E-state index in [1.807, 2.05) is 42.7 Å². The zero-order valence-corrected chi connectivity index (χ0v) is 20.8. The van der Waals surface area contributed by atoms with Crippen LogP contribution in [0, 0.1) is 13.8 Å². The lowest BCUT2D eigenvalue weighted by molar-refractivity contribution is 0.565. The van der Waals surface area contributed by atoms with E-state index in [-0.39, 0.29) is 12.1 Å². The standard InChI is InChI=1S/C28H29N5S/c1-18(2)21-11-13-22(14-12-21)33-27(26(31-28(33)34)24-9-5-7-15-29-24)23-17-19(3)32(20(23)4)25-10-6-8-16-30-25/h5-18,26-27H,1-4H3,(H,31,34)/t26-,27+/m0/s1. The molecule has 34 heavy (non-hydrogen) atoms. The molecule has 1 aromatic carbocycles. The Hall–Kier alpha value is -3.51. The molecule has 1 aliphatic heterocycles. The lowest BCUT2D eigenvalue weighted by atomic mass is 9.96. The minimum atomic E-state index is -0.0730. The predicted molar refractivity (Wildman–Crippen MR) is 142 cm³/mol. The van der Waals surface area contributed by atoms with Crippen LogP contribution < -0.4 is 10.2 Å². The van der Waals surface area contributed by atoms with Gasteiger partial charge in [-0.3, -0.25) is 4.98 Å². The van der Waals surface area contributed by atoms with Gasteiger partial charge in [-0.15, -0.1) is 0 Å². The highest BCUT2D eigenvalue weighted by Gasteiger charge is 2.42. The third kappa shape index (κ3) is 3.88. The first-order valence-corrected chi connectivity index (χ1v) is 12.1. The Labute approximate surface area is 206 Å². The van der Waals surface area contributed by atoms with Crippen LogP contribution in [0.5, 0.6) is 0 Å². The second kappa shape index (κ2) is 9.03. The minimum absolute atomic E-state index is 0.0454. The number of rotatable bonds is 5. The van der Waals surface area contributed by atoms with Crippen molar-refractivity contribution in [1.29, 1.82) is 0 Å². The van der Waals surface area contributed by atoms with Crippen LogP contribution in [0.4, 0.5) is 5.69 Å². The van der Waals surface area contributed by atoms with Gasteiger partial charge in [0.1, 0.15) is 5.82 Å². The van der Waals surface area contributed by atoms with E-state index < -0.39 is 0 Å². The topological polar surface area (TPSA) is 46.0 Å². The van der Waals surface area contributed by atoms with Gasteiger partial charge < -0.3 is 14.8 Å². The molecule has 4 heterocycles. The highest BCUT2D eigenvalue weighted by atomic mass is 32.1. The van der Waals surface area contributed by atoms with Crippen LogP contribution in [0.2, 0.25) is 0 Å². The number of benzene rings is 1. The molecule has 0 aliphatic carbocycles. The zero-order chi connectivity index (χ0) is 23.8. The van der Waals surface area contributed by atoms with E-state index in [4.69, 9.17) is 12.2 Å². The van der Waals surface area contributed by atoms with Crippen LogP contribution in [0.3, 0.4) is 0 Å². The molecule has 1 saturated heterocycles. The summed E-state index contributed by atoms with van der Waals surface area (Å²) in [5.41, 5.74) is 6.86. The second-order valence-corrected chi connectivity index (χ2v) is 9.48. The number of pyridine rings is 2. The molecule has 172 valence electrons. The van der Waals surface area contributed by atoms with Crippen molar-refractivity contribution in [2.24, 2.45) is 0 Å². The SMILES string of the molecule is Cc1cc([C@@H]2[C@H](c3ccccn3)NC(=S)N2c2ccc(C(C)C)cc2)c(C)n1-c1ccccn1. The Balaban J connectivity index is 1.65. The molecule has 6 heteroatoms. The fourth-order valence-electron chi connectivity index (χ4n) is 4.89. The predicted octanol–water partition coefficient (Wildman–Crippen LogP) is 6.18. The van der Waals surface area contributed by atoms with E-state index in [1.165, 1.54) is 11.1 Å². The third-order valence-electron chi connectivity index (χ3n) is 6.60. The molecule has 1 N–H and O–H groups in total. The van der Waals surface area contributed by atoms with Crippen molar-refractivity contribution in [1.82, 2.24) is 19.9 Å². The molecule has 1 aliphatic rings. The van der Waals surface area contributed by atoms with Crippen LogP contribution in [-0.4, -0.2) is 19.6 Å². The van der Waals surface area contributed by atoms with Gasteiger partial charge in [0.15, 0.2) is 5.11 Å². The minimum Gasteiger partial charge on any atom is -0.351 e. The fourth-order valence-corrected chi connectivity index (χ4v) is 5.24. The molecule has 5 rings (SSSR count). The first-order valence-electron chi connectivity index (χ1n) is 11.7. The van der Waals surface area contributed by atoms with Gasteiger partial charge in [0.2, 0.25) is 0 Å². The number of hydrogen-bond acceptors (Lipinski definition) is 3. The maximum atomic E-state index is 5.91. The van der Waals surface area contributed by atoms with E-state index in [2.05, 4.69) is 88.8 Å². The summed E-state index contributed by atoms with van der Waals surface area (Å²) >= 11 is 5.91. The highest BCUT2D eigenvalue weighted by Crippen LogP contribution is 2.43. The van der Waals surface area contributed by atoms with E-state index >= 15 is 0 Å². The van der Waals surface area contributed by atoms with Crippen molar-refractivity contribution < 1.29 is 0 Å². The summed E-state index contributed by atoms with van der Waals surface area (Å²) in [5, 5.41) is 4.28. The van der Waals surface area contributed by atoms with Crippen LogP contribution in [0.15, 0.2) is 79.1 Å². The number of hydrogen-bond donors (Lipinski definition) is 1. The summed E-state index contributed by atoms with van der Waals surface area (Å²) in [6.45, 7) is 8.71. The van der Waals surface area contributed by atoms with E-state index in [0.717, 1.165) is 28.6 Å². The molecule has 5 nitrogen and oxygen atoms in total. The molecule has 0 saturated carbocycles. The Morgan fingerprint density at radius 1 is 0.912 bits per heavy atom. The Kier molecular flexibility index (Phi) is 5.92. The number of nitrogens with zero attached hydrogens (tertiary/aromatic N) is 4.